The highest BCUT2D eigenvalue weighted by molar-refractivity contribution is 5.98. The summed E-state index contributed by atoms with van der Waals surface area (Å²) in [5.41, 5.74) is 1.69. The minimum atomic E-state index is -0.134. The van der Waals surface area contributed by atoms with Gasteiger partial charge in [0.2, 0.25) is 12.7 Å². The van der Waals surface area contributed by atoms with Gasteiger partial charge in [-0.2, -0.15) is 0 Å². The summed E-state index contributed by atoms with van der Waals surface area (Å²) in [4.78, 5) is 28.4. The first kappa shape index (κ1) is 18.2. The summed E-state index contributed by atoms with van der Waals surface area (Å²) in [6.07, 6.45) is 0.248. The van der Waals surface area contributed by atoms with E-state index in [1.54, 1.807) is 9.80 Å². The van der Waals surface area contributed by atoms with Crippen molar-refractivity contribution in [2.45, 2.75) is 19.9 Å². The SMILES string of the molecule is CCN(Cc1ccc2c(c1)OCO2)C(=O)CCN1C(=O)COc2ccccc21. The Hall–Kier alpha value is -3.22. The Morgan fingerprint density at radius 2 is 1.89 bits per heavy atom. The van der Waals surface area contributed by atoms with E-state index < -0.39 is 0 Å². The van der Waals surface area contributed by atoms with E-state index in [4.69, 9.17) is 14.2 Å². The number of para-hydroxylation sites is 2. The van der Waals surface area contributed by atoms with E-state index >= 15 is 0 Å². The van der Waals surface area contributed by atoms with Crippen molar-refractivity contribution in [1.29, 1.82) is 0 Å². The van der Waals surface area contributed by atoms with Crippen molar-refractivity contribution < 1.29 is 23.8 Å². The molecule has 7 nitrogen and oxygen atoms in total. The van der Waals surface area contributed by atoms with Crippen LogP contribution in [0.5, 0.6) is 17.2 Å². The lowest BCUT2D eigenvalue weighted by molar-refractivity contribution is -0.131. The van der Waals surface area contributed by atoms with E-state index in [0.29, 0.717) is 36.8 Å². The van der Waals surface area contributed by atoms with Gasteiger partial charge in [-0.1, -0.05) is 18.2 Å². The second-order valence-corrected chi connectivity index (χ2v) is 6.65. The molecule has 0 saturated heterocycles. The summed E-state index contributed by atoms with van der Waals surface area (Å²) < 4.78 is 16.2. The van der Waals surface area contributed by atoms with Crippen molar-refractivity contribution in [1.82, 2.24) is 4.90 Å². The molecule has 0 N–H and O–H groups in total. The van der Waals surface area contributed by atoms with E-state index in [9.17, 15) is 9.59 Å². The average molecular weight is 382 g/mol. The molecular formula is C21H22N2O5. The van der Waals surface area contributed by atoms with E-state index in [1.165, 1.54) is 0 Å². The number of nitrogens with zero attached hydrogens (tertiary/aromatic N) is 2. The zero-order valence-corrected chi connectivity index (χ0v) is 15.7. The molecule has 2 amide bonds. The molecule has 28 heavy (non-hydrogen) atoms. The van der Waals surface area contributed by atoms with Crippen molar-refractivity contribution >= 4 is 17.5 Å². The molecule has 2 aliphatic rings. The molecule has 2 aliphatic heterocycles. The molecule has 2 aromatic carbocycles. The number of hydrogen-bond donors (Lipinski definition) is 0. The van der Waals surface area contributed by atoms with Gasteiger partial charge in [0.15, 0.2) is 18.1 Å². The Kier molecular flexibility index (Phi) is 5.06. The lowest BCUT2D eigenvalue weighted by atomic mass is 10.1. The van der Waals surface area contributed by atoms with Gasteiger partial charge in [-0.25, -0.2) is 0 Å². The summed E-state index contributed by atoms with van der Waals surface area (Å²) in [5.74, 6) is 1.96. The molecule has 146 valence electrons. The third-order valence-corrected chi connectivity index (χ3v) is 4.90. The molecule has 0 atom stereocenters. The molecule has 0 bridgehead atoms. The Labute approximate surface area is 163 Å². The number of ether oxygens (including phenoxy) is 3. The van der Waals surface area contributed by atoms with Gasteiger partial charge in [0, 0.05) is 26.1 Å². The van der Waals surface area contributed by atoms with Crippen LogP contribution in [0, 0.1) is 0 Å². The van der Waals surface area contributed by atoms with Crippen LogP contribution in [0.2, 0.25) is 0 Å². The summed E-state index contributed by atoms with van der Waals surface area (Å²) in [7, 11) is 0. The molecule has 0 aliphatic carbocycles. The average Bonchev–Trinajstić information content (AvgIpc) is 3.19. The third kappa shape index (κ3) is 3.60. The van der Waals surface area contributed by atoms with E-state index in [2.05, 4.69) is 0 Å². The van der Waals surface area contributed by atoms with Crippen LogP contribution in [-0.2, 0) is 16.1 Å². The molecule has 7 heteroatoms. The first-order valence-electron chi connectivity index (χ1n) is 9.34. The fourth-order valence-corrected chi connectivity index (χ4v) is 3.40. The minimum absolute atomic E-state index is 0.000107. The van der Waals surface area contributed by atoms with Crippen LogP contribution in [-0.4, -0.2) is 43.2 Å². The summed E-state index contributed by atoms with van der Waals surface area (Å²) >= 11 is 0. The van der Waals surface area contributed by atoms with Gasteiger partial charge in [-0.05, 0) is 36.8 Å². The van der Waals surface area contributed by atoms with Crippen LogP contribution in [0.25, 0.3) is 0 Å². The van der Waals surface area contributed by atoms with Gasteiger partial charge >= 0.3 is 0 Å². The zero-order chi connectivity index (χ0) is 19.5. The molecule has 0 fully saturated rings. The summed E-state index contributed by atoms with van der Waals surface area (Å²) in [6.45, 7) is 3.57. The fourth-order valence-electron chi connectivity index (χ4n) is 3.40. The molecule has 0 saturated carbocycles. The maximum atomic E-state index is 12.8. The number of fused-ring (bicyclic) bond motifs is 2. The molecule has 0 radical (unpaired) electrons. The first-order chi connectivity index (χ1) is 13.7. The first-order valence-corrected chi connectivity index (χ1v) is 9.34. The topological polar surface area (TPSA) is 68.3 Å². The second kappa shape index (κ2) is 7.80. The Morgan fingerprint density at radius 1 is 1.07 bits per heavy atom. The Bertz CT molecular complexity index is 898. The van der Waals surface area contributed by atoms with Gasteiger partial charge in [-0.15, -0.1) is 0 Å². The van der Waals surface area contributed by atoms with Crippen LogP contribution < -0.4 is 19.1 Å². The van der Waals surface area contributed by atoms with Gasteiger partial charge in [0.05, 0.1) is 5.69 Å². The van der Waals surface area contributed by atoms with Crippen molar-refractivity contribution in [2.75, 3.05) is 31.4 Å². The molecule has 2 aromatic rings. The smallest absolute Gasteiger partial charge is 0.265 e. The summed E-state index contributed by atoms with van der Waals surface area (Å²) in [5, 5.41) is 0. The van der Waals surface area contributed by atoms with Gasteiger partial charge in [0.25, 0.3) is 5.91 Å². The minimum Gasteiger partial charge on any atom is -0.482 e. The lowest BCUT2D eigenvalue weighted by Crippen LogP contribution is -2.41. The van der Waals surface area contributed by atoms with Crippen LogP contribution in [0.15, 0.2) is 42.5 Å². The van der Waals surface area contributed by atoms with E-state index in [1.807, 2.05) is 49.4 Å². The quantitative estimate of drug-likeness (QED) is 0.768. The standard InChI is InChI=1S/C21H22N2O5/c1-2-22(12-15-7-8-18-19(11-15)28-14-27-18)20(24)9-10-23-16-5-3-4-6-17(16)26-13-21(23)25/h3-8,11H,2,9-10,12-14H2,1H3. The molecule has 4 rings (SSSR count). The highest BCUT2D eigenvalue weighted by atomic mass is 16.7. The third-order valence-electron chi connectivity index (χ3n) is 4.90. The lowest BCUT2D eigenvalue weighted by Gasteiger charge is -2.30. The predicted octanol–water partition coefficient (Wildman–Crippen LogP) is 2.58. The molecule has 0 unspecified atom stereocenters. The predicted molar refractivity (Wildman–Crippen MR) is 103 cm³/mol. The van der Waals surface area contributed by atoms with Crippen molar-refractivity contribution in [2.24, 2.45) is 0 Å². The molecular weight excluding hydrogens is 360 g/mol. The maximum Gasteiger partial charge on any atom is 0.265 e. The van der Waals surface area contributed by atoms with Gasteiger partial charge < -0.3 is 24.0 Å². The van der Waals surface area contributed by atoms with Crippen LogP contribution in [0.3, 0.4) is 0 Å². The number of benzene rings is 2. The van der Waals surface area contributed by atoms with Crippen LogP contribution in [0.4, 0.5) is 5.69 Å². The van der Waals surface area contributed by atoms with Gasteiger partial charge in [-0.3, -0.25) is 9.59 Å². The largest absolute Gasteiger partial charge is 0.482 e. The number of carbonyl (C=O) groups is 2. The van der Waals surface area contributed by atoms with Crippen molar-refractivity contribution in [3.63, 3.8) is 0 Å². The van der Waals surface area contributed by atoms with Crippen LogP contribution >= 0.6 is 0 Å². The Balaban J connectivity index is 1.40. The summed E-state index contributed by atoms with van der Waals surface area (Å²) in [6, 6.07) is 13.1. The highest BCUT2D eigenvalue weighted by Gasteiger charge is 2.26. The number of hydrogen-bond acceptors (Lipinski definition) is 5. The molecule has 2 heterocycles. The van der Waals surface area contributed by atoms with Crippen LogP contribution in [0.1, 0.15) is 18.9 Å². The number of carbonyl (C=O) groups excluding carboxylic acids is 2. The second-order valence-electron chi connectivity index (χ2n) is 6.65. The zero-order valence-electron chi connectivity index (χ0n) is 15.7. The van der Waals surface area contributed by atoms with E-state index in [-0.39, 0.29) is 31.6 Å². The molecule has 0 aromatic heterocycles. The van der Waals surface area contributed by atoms with Crippen molar-refractivity contribution in [3.8, 4) is 17.2 Å². The highest BCUT2D eigenvalue weighted by Crippen LogP contribution is 2.33. The monoisotopic (exact) mass is 382 g/mol. The number of anilines is 1. The fraction of sp³-hybridized carbons (Fsp3) is 0.333. The van der Waals surface area contributed by atoms with Crippen molar-refractivity contribution in [3.05, 3.63) is 48.0 Å². The maximum absolute atomic E-state index is 12.8. The number of amides is 2. The normalized spacial score (nSPS) is 14.5. The van der Waals surface area contributed by atoms with Gasteiger partial charge in [0.1, 0.15) is 5.75 Å². The number of rotatable bonds is 6. The Morgan fingerprint density at radius 3 is 2.75 bits per heavy atom. The van der Waals surface area contributed by atoms with E-state index in [0.717, 1.165) is 11.3 Å². The molecule has 0 spiro atoms.